The standard InChI is InChI=1S/C10H11NO2S/c1-2-11-5-14-10-4-9-8(3-7(10)11)12-6-13-9/h3-4H,2,5-6H2,1H3. The second-order valence-corrected chi connectivity index (χ2v) is 4.29. The van der Waals surface area contributed by atoms with Gasteiger partial charge in [-0.05, 0) is 13.0 Å². The summed E-state index contributed by atoms with van der Waals surface area (Å²) in [5.74, 6) is 2.80. The Morgan fingerprint density at radius 3 is 2.93 bits per heavy atom. The Balaban J connectivity index is 2.09. The Bertz CT molecular complexity index is 381. The Morgan fingerprint density at radius 1 is 1.36 bits per heavy atom. The Morgan fingerprint density at radius 2 is 2.14 bits per heavy atom. The summed E-state index contributed by atoms with van der Waals surface area (Å²) >= 11 is 1.86. The molecule has 0 unspecified atom stereocenters. The number of thioether (sulfide) groups is 1. The molecule has 2 aliphatic rings. The number of rotatable bonds is 1. The topological polar surface area (TPSA) is 21.7 Å². The molecular weight excluding hydrogens is 198 g/mol. The van der Waals surface area contributed by atoms with Crippen LogP contribution in [-0.4, -0.2) is 19.2 Å². The fourth-order valence-electron chi connectivity index (χ4n) is 1.75. The van der Waals surface area contributed by atoms with Gasteiger partial charge in [-0.1, -0.05) is 0 Å². The minimum absolute atomic E-state index is 0.356. The van der Waals surface area contributed by atoms with Crippen molar-refractivity contribution in [2.75, 3.05) is 24.1 Å². The van der Waals surface area contributed by atoms with Gasteiger partial charge in [0.2, 0.25) is 6.79 Å². The summed E-state index contributed by atoms with van der Waals surface area (Å²) in [5.41, 5.74) is 1.28. The fraction of sp³-hybridized carbons (Fsp3) is 0.400. The molecule has 0 atom stereocenters. The number of fused-ring (bicyclic) bond motifs is 2. The molecule has 0 spiro atoms. The Hall–Kier alpha value is -1.03. The highest BCUT2D eigenvalue weighted by molar-refractivity contribution is 7.99. The van der Waals surface area contributed by atoms with Crippen LogP contribution < -0.4 is 14.4 Å². The minimum Gasteiger partial charge on any atom is -0.454 e. The van der Waals surface area contributed by atoms with Crippen LogP contribution in [0.4, 0.5) is 5.69 Å². The number of benzene rings is 1. The third-order valence-corrected chi connectivity index (χ3v) is 3.63. The second-order valence-electron chi connectivity index (χ2n) is 3.30. The lowest BCUT2D eigenvalue weighted by atomic mass is 10.2. The first kappa shape index (κ1) is 8.29. The van der Waals surface area contributed by atoms with E-state index >= 15 is 0 Å². The van der Waals surface area contributed by atoms with E-state index in [2.05, 4.69) is 24.0 Å². The largest absolute Gasteiger partial charge is 0.454 e. The predicted octanol–water partition coefficient (Wildman–Crippen LogP) is 2.30. The molecule has 0 amide bonds. The van der Waals surface area contributed by atoms with E-state index in [9.17, 15) is 0 Å². The van der Waals surface area contributed by atoms with Gasteiger partial charge in [0, 0.05) is 17.5 Å². The van der Waals surface area contributed by atoms with Crippen LogP contribution in [0.25, 0.3) is 0 Å². The normalized spacial score (nSPS) is 17.4. The lowest BCUT2D eigenvalue weighted by Gasteiger charge is -2.15. The van der Waals surface area contributed by atoms with E-state index in [1.807, 2.05) is 11.8 Å². The molecule has 0 radical (unpaired) electrons. The van der Waals surface area contributed by atoms with Crippen molar-refractivity contribution in [1.82, 2.24) is 0 Å². The summed E-state index contributed by atoms with van der Waals surface area (Å²) in [6, 6.07) is 4.17. The van der Waals surface area contributed by atoms with Crippen molar-refractivity contribution in [2.45, 2.75) is 11.8 Å². The number of hydrogen-bond donors (Lipinski definition) is 0. The highest BCUT2D eigenvalue weighted by Crippen LogP contribution is 2.46. The van der Waals surface area contributed by atoms with Crippen LogP contribution in [0.3, 0.4) is 0 Å². The minimum atomic E-state index is 0.356. The van der Waals surface area contributed by atoms with Crippen molar-refractivity contribution in [3.63, 3.8) is 0 Å². The van der Waals surface area contributed by atoms with Gasteiger partial charge in [0.05, 0.1) is 11.6 Å². The number of nitrogens with zero attached hydrogens (tertiary/aromatic N) is 1. The molecule has 74 valence electrons. The smallest absolute Gasteiger partial charge is 0.231 e. The molecule has 0 N–H and O–H groups in total. The Kier molecular flexibility index (Phi) is 1.77. The molecule has 2 heterocycles. The van der Waals surface area contributed by atoms with Gasteiger partial charge in [-0.3, -0.25) is 0 Å². The first-order valence-corrected chi connectivity index (χ1v) is 5.68. The summed E-state index contributed by atoms with van der Waals surface area (Å²) in [6.07, 6.45) is 0. The zero-order valence-corrected chi connectivity index (χ0v) is 8.76. The summed E-state index contributed by atoms with van der Waals surface area (Å²) in [4.78, 5) is 3.64. The van der Waals surface area contributed by atoms with Gasteiger partial charge in [-0.25, -0.2) is 0 Å². The van der Waals surface area contributed by atoms with Gasteiger partial charge in [-0.15, -0.1) is 11.8 Å². The second kappa shape index (κ2) is 2.98. The highest BCUT2D eigenvalue weighted by Gasteiger charge is 2.24. The van der Waals surface area contributed by atoms with Crippen LogP contribution in [0.5, 0.6) is 11.5 Å². The van der Waals surface area contributed by atoms with Crippen LogP contribution in [0.2, 0.25) is 0 Å². The zero-order chi connectivity index (χ0) is 9.54. The summed E-state index contributed by atoms with van der Waals surface area (Å²) < 4.78 is 10.7. The number of hydrogen-bond acceptors (Lipinski definition) is 4. The van der Waals surface area contributed by atoms with E-state index in [-0.39, 0.29) is 0 Å². The summed E-state index contributed by atoms with van der Waals surface area (Å²) in [6.45, 7) is 3.56. The van der Waals surface area contributed by atoms with Crippen molar-refractivity contribution in [3.05, 3.63) is 12.1 Å². The maximum atomic E-state index is 5.36. The van der Waals surface area contributed by atoms with E-state index in [1.54, 1.807) is 0 Å². The van der Waals surface area contributed by atoms with Gasteiger partial charge in [0.25, 0.3) is 0 Å². The van der Waals surface area contributed by atoms with Crippen molar-refractivity contribution in [1.29, 1.82) is 0 Å². The lowest BCUT2D eigenvalue weighted by molar-refractivity contribution is 0.174. The average molecular weight is 209 g/mol. The van der Waals surface area contributed by atoms with Gasteiger partial charge in [0.15, 0.2) is 11.5 Å². The molecule has 0 bridgehead atoms. The van der Waals surface area contributed by atoms with E-state index < -0.39 is 0 Å². The number of ether oxygens (including phenoxy) is 2. The molecule has 0 aliphatic carbocycles. The molecule has 0 saturated carbocycles. The number of anilines is 1. The SMILES string of the molecule is CCN1CSc2cc3c(cc21)OCO3. The van der Waals surface area contributed by atoms with Gasteiger partial charge < -0.3 is 14.4 Å². The van der Waals surface area contributed by atoms with E-state index in [0.717, 1.165) is 23.9 Å². The van der Waals surface area contributed by atoms with Gasteiger partial charge >= 0.3 is 0 Å². The van der Waals surface area contributed by atoms with Crippen LogP contribution in [0.1, 0.15) is 6.92 Å². The molecule has 3 rings (SSSR count). The van der Waals surface area contributed by atoms with Crippen molar-refractivity contribution in [2.24, 2.45) is 0 Å². The van der Waals surface area contributed by atoms with Crippen LogP contribution >= 0.6 is 11.8 Å². The first-order chi connectivity index (χ1) is 6.88. The van der Waals surface area contributed by atoms with Gasteiger partial charge in [-0.2, -0.15) is 0 Å². The summed E-state index contributed by atoms with van der Waals surface area (Å²) in [7, 11) is 0. The third-order valence-electron chi connectivity index (χ3n) is 2.55. The molecule has 4 heteroatoms. The summed E-state index contributed by atoms with van der Waals surface area (Å²) in [5, 5.41) is 0. The quantitative estimate of drug-likeness (QED) is 0.707. The maximum Gasteiger partial charge on any atom is 0.231 e. The molecule has 2 aliphatic heterocycles. The lowest BCUT2D eigenvalue weighted by Crippen LogP contribution is -2.17. The molecule has 0 saturated heterocycles. The molecule has 1 aromatic rings. The van der Waals surface area contributed by atoms with Crippen molar-refractivity contribution >= 4 is 17.4 Å². The zero-order valence-electron chi connectivity index (χ0n) is 7.95. The molecule has 0 fully saturated rings. The third kappa shape index (κ3) is 1.07. The molecule has 0 aromatic heterocycles. The predicted molar refractivity (Wildman–Crippen MR) is 56.3 cm³/mol. The fourth-order valence-corrected chi connectivity index (χ4v) is 2.90. The first-order valence-electron chi connectivity index (χ1n) is 4.70. The van der Waals surface area contributed by atoms with E-state index in [1.165, 1.54) is 10.6 Å². The molecular formula is C10H11NO2S. The van der Waals surface area contributed by atoms with E-state index in [0.29, 0.717) is 6.79 Å². The van der Waals surface area contributed by atoms with Crippen LogP contribution in [-0.2, 0) is 0 Å². The van der Waals surface area contributed by atoms with Crippen molar-refractivity contribution in [3.8, 4) is 11.5 Å². The molecule has 1 aromatic carbocycles. The van der Waals surface area contributed by atoms with E-state index in [4.69, 9.17) is 9.47 Å². The molecule has 14 heavy (non-hydrogen) atoms. The van der Waals surface area contributed by atoms with Crippen molar-refractivity contribution < 1.29 is 9.47 Å². The monoisotopic (exact) mass is 209 g/mol. The van der Waals surface area contributed by atoms with Crippen LogP contribution in [0.15, 0.2) is 17.0 Å². The molecule has 3 nitrogen and oxygen atoms in total. The van der Waals surface area contributed by atoms with Gasteiger partial charge in [0.1, 0.15) is 0 Å². The Labute approximate surface area is 87.0 Å². The maximum absolute atomic E-state index is 5.36. The average Bonchev–Trinajstić information content (AvgIpc) is 2.78. The highest BCUT2D eigenvalue weighted by atomic mass is 32.2. The van der Waals surface area contributed by atoms with Crippen LogP contribution in [0, 0.1) is 0 Å².